The van der Waals surface area contributed by atoms with Crippen LogP contribution in [0.4, 0.5) is 17.1 Å². The number of nitro benzene ring substituents is 1. The van der Waals surface area contributed by atoms with Crippen molar-refractivity contribution in [2.24, 2.45) is 0 Å². The number of benzene rings is 3. The van der Waals surface area contributed by atoms with Crippen molar-refractivity contribution >= 4 is 23.0 Å². The Kier molecular flexibility index (Phi) is 5.46. The van der Waals surface area contributed by atoms with E-state index >= 15 is 0 Å². The molecule has 4 rings (SSSR count). The largest absolute Gasteiger partial charge is 0.382 e. The van der Waals surface area contributed by atoms with Gasteiger partial charge in [-0.3, -0.25) is 14.9 Å². The number of hydrogen-bond donors (Lipinski definition) is 1. The predicted octanol–water partition coefficient (Wildman–Crippen LogP) is 5.80. The van der Waals surface area contributed by atoms with E-state index in [-0.39, 0.29) is 23.7 Å². The van der Waals surface area contributed by atoms with Crippen molar-refractivity contribution in [2.75, 3.05) is 10.2 Å². The number of nitrogens with one attached hydrogen (secondary N) is 1. The molecule has 1 aliphatic rings. The zero-order valence-corrected chi connectivity index (χ0v) is 17.8. The summed E-state index contributed by atoms with van der Waals surface area (Å²) in [7, 11) is 0. The lowest BCUT2D eigenvalue weighted by Gasteiger charge is -2.39. The maximum atomic E-state index is 13.7. The third-order valence-corrected chi connectivity index (χ3v) is 5.71. The van der Waals surface area contributed by atoms with E-state index in [1.54, 1.807) is 0 Å². The number of carbonyl (C=O) groups is 1. The van der Waals surface area contributed by atoms with Crippen molar-refractivity contribution in [1.29, 1.82) is 0 Å². The Bertz CT molecular complexity index is 1120. The highest BCUT2D eigenvalue weighted by Gasteiger charge is 2.33. The summed E-state index contributed by atoms with van der Waals surface area (Å²) in [6.07, 6.45) is 0.753. The van der Waals surface area contributed by atoms with Gasteiger partial charge in [0.15, 0.2) is 0 Å². The summed E-state index contributed by atoms with van der Waals surface area (Å²) >= 11 is 0. The van der Waals surface area contributed by atoms with Crippen molar-refractivity contribution in [3.63, 3.8) is 0 Å². The lowest BCUT2D eigenvalue weighted by atomic mass is 9.90. The van der Waals surface area contributed by atoms with Crippen LogP contribution in [0.1, 0.15) is 46.4 Å². The molecule has 158 valence electrons. The van der Waals surface area contributed by atoms with Gasteiger partial charge in [0.1, 0.15) is 0 Å². The van der Waals surface area contributed by atoms with E-state index in [9.17, 15) is 14.9 Å². The molecule has 1 amide bonds. The van der Waals surface area contributed by atoms with Gasteiger partial charge in [0.25, 0.3) is 11.6 Å². The van der Waals surface area contributed by atoms with Gasteiger partial charge in [-0.15, -0.1) is 0 Å². The minimum Gasteiger partial charge on any atom is -0.382 e. The molecule has 1 heterocycles. The van der Waals surface area contributed by atoms with E-state index in [1.165, 1.54) is 24.3 Å². The molecule has 0 aromatic heterocycles. The summed E-state index contributed by atoms with van der Waals surface area (Å²) in [5.74, 6) is -0.176. The summed E-state index contributed by atoms with van der Waals surface area (Å²) < 4.78 is 0. The second-order valence-electron chi connectivity index (χ2n) is 8.20. The SMILES string of the molecule is Cc1ccc(N(C(=O)c2ccc([N+](=O)[O-])cc2)[C@H]2C[C@H](C)Nc3ccc(C)cc32)cc1. The lowest BCUT2D eigenvalue weighted by molar-refractivity contribution is -0.384. The molecule has 0 unspecified atom stereocenters. The van der Waals surface area contributed by atoms with Gasteiger partial charge in [0.05, 0.1) is 11.0 Å². The van der Waals surface area contributed by atoms with Crippen molar-refractivity contribution in [1.82, 2.24) is 0 Å². The third kappa shape index (κ3) is 4.14. The molecule has 3 aromatic carbocycles. The Balaban J connectivity index is 1.82. The quantitative estimate of drug-likeness (QED) is 0.431. The van der Waals surface area contributed by atoms with Crippen LogP contribution in [0.5, 0.6) is 0 Å². The van der Waals surface area contributed by atoms with Gasteiger partial charge in [-0.1, -0.05) is 35.4 Å². The fourth-order valence-corrected chi connectivity index (χ4v) is 4.13. The first-order valence-corrected chi connectivity index (χ1v) is 10.4. The molecule has 0 fully saturated rings. The molecule has 3 aromatic rings. The first kappa shape index (κ1) is 20.6. The number of rotatable bonds is 4. The number of anilines is 2. The summed E-state index contributed by atoms with van der Waals surface area (Å²) in [6.45, 7) is 6.17. The molecule has 0 radical (unpaired) electrons. The molecule has 6 nitrogen and oxygen atoms in total. The van der Waals surface area contributed by atoms with Crippen molar-refractivity contribution in [3.05, 3.63) is 99.1 Å². The van der Waals surface area contributed by atoms with Crippen LogP contribution in [0, 0.1) is 24.0 Å². The number of nitrogens with zero attached hydrogens (tertiary/aromatic N) is 2. The molecule has 1 N–H and O–H groups in total. The van der Waals surface area contributed by atoms with Crippen LogP contribution in [-0.4, -0.2) is 16.9 Å². The maximum Gasteiger partial charge on any atom is 0.269 e. The summed E-state index contributed by atoms with van der Waals surface area (Å²) in [5.41, 5.74) is 5.55. The van der Waals surface area contributed by atoms with Gasteiger partial charge < -0.3 is 10.2 Å². The monoisotopic (exact) mass is 415 g/mol. The molecule has 0 spiro atoms. The number of carbonyl (C=O) groups excluding carboxylic acids is 1. The molecule has 6 heteroatoms. The number of amides is 1. The fourth-order valence-electron chi connectivity index (χ4n) is 4.13. The van der Waals surface area contributed by atoms with Crippen LogP contribution >= 0.6 is 0 Å². The Hall–Kier alpha value is -3.67. The van der Waals surface area contributed by atoms with Crippen molar-refractivity contribution in [2.45, 2.75) is 39.3 Å². The van der Waals surface area contributed by atoms with E-state index in [2.05, 4.69) is 30.4 Å². The Morgan fingerprint density at radius 1 is 1.00 bits per heavy atom. The normalized spacial score (nSPS) is 17.4. The zero-order valence-electron chi connectivity index (χ0n) is 17.8. The second-order valence-corrected chi connectivity index (χ2v) is 8.20. The van der Waals surface area contributed by atoms with E-state index in [1.807, 2.05) is 43.0 Å². The van der Waals surface area contributed by atoms with E-state index < -0.39 is 4.92 Å². The lowest BCUT2D eigenvalue weighted by Crippen LogP contribution is -2.40. The second kappa shape index (κ2) is 8.22. The first-order valence-electron chi connectivity index (χ1n) is 10.4. The molecule has 1 aliphatic heterocycles. The van der Waals surface area contributed by atoms with Crippen LogP contribution < -0.4 is 10.2 Å². The van der Waals surface area contributed by atoms with Crippen molar-refractivity contribution in [3.8, 4) is 0 Å². The molecular weight excluding hydrogens is 390 g/mol. The van der Waals surface area contributed by atoms with Gasteiger partial charge in [-0.2, -0.15) is 0 Å². The first-order chi connectivity index (χ1) is 14.8. The topological polar surface area (TPSA) is 75.5 Å². The van der Waals surface area contributed by atoms with Gasteiger partial charge in [0.2, 0.25) is 0 Å². The highest BCUT2D eigenvalue weighted by molar-refractivity contribution is 6.07. The minimum atomic E-state index is -0.459. The number of fused-ring (bicyclic) bond motifs is 1. The Morgan fingerprint density at radius 3 is 2.29 bits per heavy atom. The molecule has 0 saturated carbocycles. The standard InChI is InChI=1S/C25H25N3O3/c1-16-4-9-20(10-5-16)27(25(29)19-7-11-21(12-8-19)28(30)31)24-15-18(3)26-23-13-6-17(2)14-22(23)24/h4-14,18,24,26H,15H2,1-3H3/t18-,24-/m0/s1. The fraction of sp³-hybridized carbons (Fsp3) is 0.240. The van der Waals surface area contributed by atoms with E-state index in [0.717, 1.165) is 34.5 Å². The minimum absolute atomic E-state index is 0.0325. The zero-order chi connectivity index (χ0) is 22.1. The molecule has 0 bridgehead atoms. The smallest absolute Gasteiger partial charge is 0.269 e. The van der Waals surface area contributed by atoms with Gasteiger partial charge >= 0.3 is 0 Å². The molecule has 0 aliphatic carbocycles. The van der Waals surface area contributed by atoms with Crippen LogP contribution in [0.25, 0.3) is 0 Å². The predicted molar refractivity (Wildman–Crippen MR) is 123 cm³/mol. The summed E-state index contributed by atoms with van der Waals surface area (Å²) in [4.78, 5) is 26.1. The van der Waals surface area contributed by atoms with Crippen LogP contribution in [0.15, 0.2) is 66.7 Å². The molecule has 0 saturated heterocycles. The average molecular weight is 415 g/mol. The highest BCUT2D eigenvalue weighted by Crippen LogP contribution is 2.40. The van der Waals surface area contributed by atoms with E-state index in [0.29, 0.717) is 5.56 Å². The Labute approximate surface area is 181 Å². The summed E-state index contributed by atoms with van der Waals surface area (Å²) in [6, 6.07) is 20.0. The van der Waals surface area contributed by atoms with Gasteiger partial charge in [-0.25, -0.2) is 0 Å². The number of aryl methyl sites for hydroxylation is 2. The highest BCUT2D eigenvalue weighted by atomic mass is 16.6. The average Bonchev–Trinajstić information content (AvgIpc) is 2.75. The van der Waals surface area contributed by atoms with Crippen LogP contribution in [-0.2, 0) is 0 Å². The number of hydrogen-bond acceptors (Lipinski definition) is 4. The third-order valence-electron chi connectivity index (χ3n) is 5.71. The van der Waals surface area contributed by atoms with Gasteiger partial charge in [-0.05, 0) is 63.1 Å². The van der Waals surface area contributed by atoms with Crippen molar-refractivity contribution < 1.29 is 9.72 Å². The van der Waals surface area contributed by atoms with Crippen LogP contribution in [0.2, 0.25) is 0 Å². The molecule has 2 atom stereocenters. The molecule has 31 heavy (non-hydrogen) atoms. The van der Waals surface area contributed by atoms with Gasteiger partial charge in [0, 0.05) is 35.1 Å². The maximum absolute atomic E-state index is 13.7. The summed E-state index contributed by atoms with van der Waals surface area (Å²) in [5, 5.41) is 14.5. The molecular formula is C25H25N3O3. The Morgan fingerprint density at radius 2 is 1.65 bits per heavy atom. The number of non-ortho nitro benzene ring substituents is 1. The number of nitro groups is 1. The van der Waals surface area contributed by atoms with Crippen LogP contribution in [0.3, 0.4) is 0 Å². The van der Waals surface area contributed by atoms with E-state index in [4.69, 9.17) is 0 Å².